The molecule has 40 heavy (non-hydrogen) atoms. The topological polar surface area (TPSA) is 75.2 Å². The van der Waals surface area contributed by atoms with Crippen molar-refractivity contribution >= 4 is 26.7 Å². The molecule has 1 aromatic heterocycles. The van der Waals surface area contributed by atoms with E-state index in [-0.39, 0.29) is 6.54 Å². The lowest BCUT2D eigenvalue weighted by atomic mass is 9.97. The van der Waals surface area contributed by atoms with Crippen molar-refractivity contribution in [1.29, 1.82) is 0 Å². The molecule has 0 unspecified atom stereocenters. The molecule has 12 heteroatoms. The predicted octanol–water partition coefficient (Wildman–Crippen LogP) is 6.23. The third-order valence-corrected chi connectivity index (χ3v) is 9.09. The molecule has 3 aromatic carbocycles. The van der Waals surface area contributed by atoms with E-state index in [0.717, 1.165) is 50.6 Å². The Kier molecular flexibility index (Phi) is 6.49. The van der Waals surface area contributed by atoms with Crippen LogP contribution < -0.4 is 5.32 Å². The minimum atomic E-state index is -5.07. The minimum Gasteiger partial charge on any atom is -0.367 e. The van der Waals surface area contributed by atoms with Crippen molar-refractivity contribution < 1.29 is 30.4 Å². The van der Waals surface area contributed by atoms with Gasteiger partial charge in [0.2, 0.25) is 15.8 Å². The Bertz CT molecular complexity index is 1750. The number of fused-ring (bicyclic) bond motifs is 1. The normalized spacial score (nSPS) is 15.7. The summed E-state index contributed by atoms with van der Waals surface area (Å²) in [6.45, 7) is 1.60. The Balaban J connectivity index is 1.38. The summed E-state index contributed by atoms with van der Waals surface area (Å²) in [6, 6.07) is 10.6. The van der Waals surface area contributed by atoms with Crippen molar-refractivity contribution in [2.24, 2.45) is 0 Å². The Hall–Kier alpha value is -3.64. The first kappa shape index (κ1) is 26.6. The third kappa shape index (κ3) is 4.68. The second-order valence-electron chi connectivity index (χ2n) is 10.2. The Morgan fingerprint density at radius 3 is 2.23 bits per heavy atom. The van der Waals surface area contributed by atoms with Crippen molar-refractivity contribution in [3.63, 3.8) is 0 Å². The van der Waals surface area contributed by atoms with E-state index < -0.39 is 50.0 Å². The van der Waals surface area contributed by atoms with Crippen LogP contribution in [0, 0.1) is 36.0 Å². The summed E-state index contributed by atoms with van der Waals surface area (Å²) in [4.78, 5) is 6.92. The Morgan fingerprint density at radius 2 is 1.57 bits per heavy atom. The lowest BCUT2D eigenvalue weighted by Crippen LogP contribution is -2.34. The number of rotatable bonds is 8. The van der Waals surface area contributed by atoms with Gasteiger partial charge in [0, 0.05) is 24.0 Å². The number of aryl methyl sites for hydroxylation is 1. The maximum absolute atomic E-state index is 14.5. The lowest BCUT2D eigenvalue weighted by molar-refractivity contribution is 0.346. The number of nitrogens with one attached hydrogen (secondary N) is 1. The Labute approximate surface area is 226 Å². The van der Waals surface area contributed by atoms with Crippen LogP contribution in [0.25, 0.3) is 22.0 Å². The molecule has 2 aliphatic carbocycles. The van der Waals surface area contributed by atoms with Gasteiger partial charge in [0.25, 0.3) is 0 Å². The molecule has 0 aliphatic heterocycles. The molecule has 1 N–H and O–H groups in total. The first-order valence-corrected chi connectivity index (χ1v) is 14.1. The monoisotopic (exact) mass is 574 g/mol. The van der Waals surface area contributed by atoms with E-state index >= 15 is 0 Å². The Morgan fingerprint density at radius 1 is 0.900 bits per heavy atom. The van der Waals surface area contributed by atoms with Crippen molar-refractivity contribution in [3.05, 3.63) is 82.9 Å². The van der Waals surface area contributed by atoms with Crippen molar-refractivity contribution in [3.8, 4) is 11.1 Å². The van der Waals surface area contributed by atoms with Crippen molar-refractivity contribution in [1.82, 2.24) is 14.3 Å². The number of hydrogen-bond acceptors (Lipinski definition) is 5. The molecule has 0 atom stereocenters. The van der Waals surface area contributed by atoms with Crippen LogP contribution in [0.4, 0.5) is 27.8 Å². The van der Waals surface area contributed by atoms with E-state index in [4.69, 9.17) is 0 Å². The van der Waals surface area contributed by atoms with Crippen molar-refractivity contribution in [2.75, 3.05) is 5.32 Å². The number of halogens is 5. The first-order valence-electron chi connectivity index (χ1n) is 12.7. The number of sulfonamides is 1. The fraction of sp³-hybridized carbons (Fsp3) is 0.286. The van der Waals surface area contributed by atoms with Gasteiger partial charge in [-0.1, -0.05) is 18.2 Å². The molecule has 208 valence electrons. The van der Waals surface area contributed by atoms with E-state index in [0.29, 0.717) is 24.4 Å². The predicted molar refractivity (Wildman–Crippen MR) is 138 cm³/mol. The number of nitrogens with zero attached hydrogens (tertiary/aromatic N) is 3. The van der Waals surface area contributed by atoms with Gasteiger partial charge in [0.05, 0.1) is 5.52 Å². The van der Waals surface area contributed by atoms with Crippen LogP contribution in [0.2, 0.25) is 0 Å². The molecule has 1 heterocycles. The number of hydrogen-bond donors (Lipinski definition) is 1. The first-order chi connectivity index (χ1) is 19.1. The van der Waals surface area contributed by atoms with E-state index in [1.807, 2.05) is 25.1 Å². The highest BCUT2D eigenvalue weighted by Gasteiger charge is 2.43. The molecule has 6 rings (SSSR count). The molecule has 2 aliphatic rings. The van der Waals surface area contributed by atoms with Crippen LogP contribution in [-0.2, 0) is 16.6 Å². The minimum absolute atomic E-state index is 0.315. The molecule has 4 aromatic rings. The molecule has 2 fully saturated rings. The van der Waals surface area contributed by atoms with Gasteiger partial charge >= 0.3 is 0 Å². The summed E-state index contributed by atoms with van der Waals surface area (Å²) in [5.41, 5.74) is 3.77. The molecule has 2 saturated carbocycles. The maximum Gasteiger partial charge on any atom is 0.249 e. The van der Waals surface area contributed by atoms with Crippen LogP contribution in [0.5, 0.6) is 0 Å². The van der Waals surface area contributed by atoms with Crippen LogP contribution in [0.3, 0.4) is 0 Å². The quantitative estimate of drug-likeness (QED) is 0.154. The average molecular weight is 575 g/mol. The zero-order chi connectivity index (χ0) is 28.3. The van der Waals surface area contributed by atoms with Crippen LogP contribution in [-0.4, -0.2) is 34.8 Å². The van der Waals surface area contributed by atoms with E-state index in [9.17, 15) is 30.4 Å². The highest BCUT2D eigenvalue weighted by Crippen LogP contribution is 2.38. The van der Waals surface area contributed by atoms with Crippen LogP contribution in [0.1, 0.15) is 36.8 Å². The fourth-order valence-corrected chi connectivity index (χ4v) is 6.56. The van der Waals surface area contributed by atoms with Gasteiger partial charge in [-0.05, 0) is 73.1 Å². The number of aromatic nitrogens is 2. The molecule has 6 nitrogen and oxygen atoms in total. The summed E-state index contributed by atoms with van der Waals surface area (Å²) in [5.74, 6) is -11.0. The summed E-state index contributed by atoms with van der Waals surface area (Å²) in [5, 5.41) is 4.23. The molecule has 0 bridgehead atoms. The molecular formula is C28H23F5N4O2S. The second kappa shape index (κ2) is 9.77. The molecule has 0 saturated heterocycles. The molecule has 0 spiro atoms. The zero-order valence-electron chi connectivity index (χ0n) is 21.2. The number of benzene rings is 3. The summed E-state index contributed by atoms with van der Waals surface area (Å²) >= 11 is 0. The van der Waals surface area contributed by atoms with Gasteiger partial charge in [-0.15, -0.1) is 0 Å². The van der Waals surface area contributed by atoms with E-state index in [1.54, 1.807) is 18.2 Å². The number of anilines is 1. The standard InChI is InChI=1S/C28H23F5N4O2S/c1-14-9-21-20(28(35-13-34-21)36-17-5-6-17)11-19(14)16-4-2-3-15(10-16)12-37(18-7-8-18)40(38,39)27-25(32)23(30)22(29)24(31)26(27)33/h2-4,9-11,13,17-18H,5-8,12H2,1H3,(H,34,35,36). The third-order valence-electron chi connectivity index (χ3n) is 7.17. The fourth-order valence-electron chi connectivity index (χ4n) is 4.77. The van der Waals surface area contributed by atoms with Crippen LogP contribution >= 0.6 is 0 Å². The summed E-state index contributed by atoms with van der Waals surface area (Å²) < 4.78 is 97.8. The van der Waals surface area contributed by atoms with Gasteiger partial charge in [-0.2, -0.15) is 4.31 Å². The van der Waals surface area contributed by atoms with Gasteiger partial charge < -0.3 is 5.32 Å². The van der Waals surface area contributed by atoms with Crippen LogP contribution in [0.15, 0.2) is 47.6 Å². The molecule has 0 amide bonds. The molecular weight excluding hydrogens is 551 g/mol. The SMILES string of the molecule is Cc1cc2ncnc(NC3CC3)c2cc1-c1cccc(CN(C2CC2)S(=O)(=O)c2c(F)c(F)c(F)c(F)c2F)c1. The summed E-state index contributed by atoms with van der Waals surface area (Å²) in [7, 11) is -5.07. The van der Waals surface area contributed by atoms with Gasteiger partial charge in [-0.25, -0.2) is 40.3 Å². The van der Waals surface area contributed by atoms with Gasteiger partial charge in [0.15, 0.2) is 28.2 Å². The highest BCUT2D eigenvalue weighted by molar-refractivity contribution is 7.89. The summed E-state index contributed by atoms with van der Waals surface area (Å²) in [6.07, 6.45) is 4.43. The van der Waals surface area contributed by atoms with Crippen molar-refractivity contribution in [2.45, 2.75) is 56.1 Å². The van der Waals surface area contributed by atoms with Gasteiger partial charge in [0.1, 0.15) is 12.1 Å². The van der Waals surface area contributed by atoms with Gasteiger partial charge in [-0.3, -0.25) is 0 Å². The van der Waals surface area contributed by atoms with E-state index in [1.165, 1.54) is 6.33 Å². The van der Waals surface area contributed by atoms with E-state index in [2.05, 4.69) is 15.3 Å². The highest BCUT2D eigenvalue weighted by atomic mass is 32.2. The smallest absolute Gasteiger partial charge is 0.249 e. The largest absolute Gasteiger partial charge is 0.367 e. The zero-order valence-corrected chi connectivity index (χ0v) is 22.0. The molecule has 0 radical (unpaired) electrons. The maximum atomic E-state index is 14.5. The lowest BCUT2D eigenvalue weighted by Gasteiger charge is -2.23. The average Bonchev–Trinajstić information content (AvgIpc) is 3.85. The second-order valence-corrected chi connectivity index (χ2v) is 12.0.